The molecule has 0 bridgehead atoms. The summed E-state index contributed by atoms with van der Waals surface area (Å²) in [6.45, 7) is 1.58. The molecule has 6 heteroatoms. The molecule has 3 rings (SSSR count). The molecule has 0 spiro atoms. The standard InChI is InChI=1S/C17H20ClN3O2/c1-20-11-14(16(19-20)13-4-2-3-5-15(13)18)17(23)21-8-6-12(10-21)7-9-22/h2-5,11-12,22H,6-10H2,1H3. The van der Waals surface area contributed by atoms with Crippen molar-refractivity contribution in [3.05, 3.63) is 41.0 Å². The first kappa shape index (κ1) is 16.0. The van der Waals surface area contributed by atoms with E-state index in [9.17, 15) is 4.79 Å². The third-order valence-electron chi connectivity index (χ3n) is 4.30. The molecule has 1 amide bonds. The average Bonchev–Trinajstić information content (AvgIpc) is 3.14. The van der Waals surface area contributed by atoms with Crippen molar-refractivity contribution >= 4 is 17.5 Å². The molecule has 0 aliphatic carbocycles. The largest absolute Gasteiger partial charge is 0.396 e. The summed E-state index contributed by atoms with van der Waals surface area (Å²) < 4.78 is 1.65. The Balaban J connectivity index is 1.89. The van der Waals surface area contributed by atoms with Crippen LogP contribution in [-0.2, 0) is 7.05 Å². The Morgan fingerprint density at radius 2 is 2.22 bits per heavy atom. The van der Waals surface area contributed by atoms with E-state index in [1.807, 2.05) is 23.1 Å². The first-order valence-electron chi connectivity index (χ1n) is 7.79. The predicted molar refractivity (Wildman–Crippen MR) is 89.4 cm³/mol. The first-order chi connectivity index (χ1) is 11.1. The second-order valence-electron chi connectivity index (χ2n) is 5.96. The Morgan fingerprint density at radius 3 is 2.96 bits per heavy atom. The second-order valence-corrected chi connectivity index (χ2v) is 6.37. The predicted octanol–water partition coefficient (Wildman–Crippen LogP) is 2.59. The summed E-state index contributed by atoms with van der Waals surface area (Å²) in [7, 11) is 1.80. The zero-order chi connectivity index (χ0) is 16.4. The summed E-state index contributed by atoms with van der Waals surface area (Å²) in [5.41, 5.74) is 1.96. The van der Waals surface area contributed by atoms with Gasteiger partial charge in [-0.1, -0.05) is 29.8 Å². The van der Waals surface area contributed by atoms with Gasteiger partial charge in [0.15, 0.2) is 0 Å². The summed E-state index contributed by atoms with van der Waals surface area (Å²) in [5.74, 6) is 0.359. The molecule has 1 fully saturated rings. The lowest BCUT2D eigenvalue weighted by molar-refractivity contribution is 0.0785. The van der Waals surface area contributed by atoms with Gasteiger partial charge in [-0.15, -0.1) is 0 Å². The van der Waals surface area contributed by atoms with Gasteiger partial charge in [0.1, 0.15) is 5.69 Å². The van der Waals surface area contributed by atoms with Crippen LogP contribution in [0.15, 0.2) is 30.5 Å². The highest BCUT2D eigenvalue weighted by atomic mass is 35.5. The summed E-state index contributed by atoms with van der Waals surface area (Å²) in [4.78, 5) is 14.7. The van der Waals surface area contributed by atoms with E-state index < -0.39 is 0 Å². The first-order valence-corrected chi connectivity index (χ1v) is 8.16. The van der Waals surface area contributed by atoms with Crippen LogP contribution >= 0.6 is 11.6 Å². The van der Waals surface area contributed by atoms with Gasteiger partial charge in [0, 0.05) is 38.5 Å². The summed E-state index contributed by atoms with van der Waals surface area (Å²) in [5, 5.41) is 14.1. The van der Waals surface area contributed by atoms with Gasteiger partial charge in [-0.25, -0.2) is 0 Å². The molecule has 1 aliphatic rings. The van der Waals surface area contributed by atoms with Crippen molar-refractivity contribution in [2.45, 2.75) is 12.8 Å². The average molecular weight is 334 g/mol. The van der Waals surface area contributed by atoms with Crippen LogP contribution in [0.1, 0.15) is 23.2 Å². The van der Waals surface area contributed by atoms with Gasteiger partial charge in [-0.2, -0.15) is 5.10 Å². The van der Waals surface area contributed by atoms with Crippen LogP contribution in [0, 0.1) is 5.92 Å². The summed E-state index contributed by atoms with van der Waals surface area (Å²) in [6, 6.07) is 7.42. The third-order valence-corrected chi connectivity index (χ3v) is 4.63. The van der Waals surface area contributed by atoms with Crippen LogP contribution in [0.25, 0.3) is 11.3 Å². The van der Waals surface area contributed by atoms with Crippen molar-refractivity contribution in [2.75, 3.05) is 19.7 Å². The van der Waals surface area contributed by atoms with Crippen LogP contribution in [0.2, 0.25) is 5.02 Å². The number of aliphatic hydroxyl groups excluding tert-OH is 1. The number of likely N-dealkylation sites (tertiary alicyclic amines) is 1. The van der Waals surface area contributed by atoms with Gasteiger partial charge < -0.3 is 10.0 Å². The number of nitrogens with zero attached hydrogens (tertiary/aromatic N) is 3. The molecule has 5 nitrogen and oxygen atoms in total. The molecule has 1 saturated heterocycles. The van der Waals surface area contributed by atoms with Crippen molar-refractivity contribution in [2.24, 2.45) is 13.0 Å². The van der Waals surface area contributed by atoms with Crippen molar-refractivity contribution < 1.29 is 9.90 Å². The van der Waals surface area contributed by atoms with Crippen LogP contribution in [0.5, 0.6) is 0 Å². The maximum atomic E-state index is 12.9. The highest BCUT2D eigenvalue weighted by Gasteiger charge is 2.29. The van der Waals surface area contributed by atoms with Crippen LogP contribution in [-0.4, -0.2) is 45.4 Å². The zero-order valence-corrected chi connectivity index (χ0v) is 13.8. The molecule has 1 aliphatic heterocycles. The Bertz CT molecular complexity index is 714. The SMILES string of the molecule is Cn1cc(C(=O)N2CCC(CCO)C2)c(-c2ccccc2Cl)n1. The monoisotopic (exact) mass is 333 g/mol. The van der Waals surface area contributed by atoms with Gasteiger partial charge >= 0.3 is 0 Å². The number of benzene rings is 1. The Hall–Kier alpha value is -1.85. The van der Waals surface area contributed by atoms with E-state index in [1.165, 1.54) is 0 Å². The molecular weight excluding hydrogens is 314 g/mol. The van der Waals surface area contributed by atoms with E-state index in [0.717, 1.165) is 24.9 Å². The van der Waals surface area contributed by atoms with Gasteiger partial charge in [0.25, 0.3) is 5.91 Å². The molecule has 1 aromatic heterocycles. The fraction of sp³-hybridized carbons (Fsp3) is 0.412. The maximum Gasteiger partial charge on any atom is 0.257 e. The topological polar surface area (TPSA) is 58.4 Å². The van der Waals surface area contributed by atoms with Crippen molar-refractivity contribution in [3.8, 4) is 11.3 Å². The minimum absolute atomic E-state index is 0.0199. The molecule has 0 radical (unpaired) electrons. The Kier molecular flexibility index (Phi) is 4.68. The van der Waals surface area contributed by atoms with E-state index in [2.05, 4.69) is 5.10 Å². The van der Waals surface area contributed by atoms with E-state index in [-0.39, 0.29) is 12.5 Å². The molecule has 2 heterocycles. The normalized spacial score (nSPS) is 17.7. The Morgan fingerprint density at radius 1 is 1.43 bits per heavy atom. The fourth-order valence-corrected chi connectivity index (χ4v) is 3.33. The van der Waals surface area contributed by atoms with Crippen LogP contribution in [0.4, 0.5) is 0 Å². The smallest absolute Gasteiger partial charge is 0.257 e. The number of rotatable bonds is 4. The summed E-state index contributed by atoms with van der Waals surface area (Å²) in [6.07, 6.45) is 3.43. The molecule has 1 atom stereocenters. The highest BCUT2D eigenvalue weighted by molar-refractivity contribution is 6.33. The number of aliphatic hydroxyl groups is 1. The number of aromatic nitrogens is 2. The van der Waals surface area contributed by atoms with Gasteiger partial charge in [-0.05, 0) is 24.8 Å². The van der Waals surface area contributed by atoms with Crippen molar-refractivity contribution in [3.63, 3.8) is 0 Å². The lowest BCUT2D eigenvalue weighted by Crippen LogP contribution is -2.29. The van der Waals surface area contributed by atoms with Crippen molar-refractivity contribution in [1.29, 1.82) is 0 Å². The number of halogens is 1. The minimum Gasteiger partial charge on any atom is -0.396 e. The number of aryl methyl sites for hydroxylation is 1. The van der Waals surface area contributed by atoms with Crippen molar-refractivity contribution in [1.82, 2.24) is 14.7 Å². The third kappa shape index (κ3) is 3.26. The molecule has 122 valence electrons. The minimum atomic E-state index is -0.0199. The molecule has 0 saturated carbocycles. The van der Waals surface area contributed by atoms with Crippen LogP contribution < -0.4 is 0 Å². The number of hydrogen-bond acceptors (Lipinski definition) is 3. The molecular formula is C17H20ClN3O2. The van der Waals surface area contributed by atoms with Gasteiger partial charge in [-0.3, -0.25) is 9.48 Å². The fourth-order valence-electron chi connectivity index (χ4n) is 3.10. The van der Waals surface area contributed by atoms with E-state index >= 15 is 0 Å². The molecule has 1 N–H and O–H groups in total. The molecule has 23 heavy (non-hydrogen) atoms. The molecule has 1 unspecified atom stereocenters. The number of amides is 1. The van der Waals surface area contributed by atoms with E-state index in [1.54, 1.807) is 24.0 Å². The highest BCUT2D eigenvalue weighted by Crippen LogP contribution is 2.30. The number of carbonyl (C=O) groups excluding carboxylic acids is 1. The lowest BCUT2D eigenvalue weighted by Gasteiger charge is -2.16. The summed E-state index contributed by atoms with van der Waals surface area (Å²) >= 11 is 6.27. The molecule has 1 aromatic carbocycles. The van der Waals surface area contributed by atoms with Gasteiger partial charge in [0.2, 0.25) is 0 Å². The van der Waals surface area contributed by atoms with Gasteiger partial charge in [0.05, 0.1) is 10.6 Å². The molecule has 2 aromatic rings. The number of hydrogen-bond donors (Lipinski definition) is 1. The maximum absolute atomic E-state index is 12.9. The second kappa shape index (κ2) is 6.72. The quantitative estimate of drug-likeness (QED) is 0.935. The van der Waals surface area contributed by atoms with E-state index in [4.69, 9.17) is 16.7 Å². The van der Waals surface area contributed by atoms with E-state index in [0.29, 0.717) is 28.7 Å². The zero-order valence-electron chi connectivity index (χ0n) is 13.1. The van der Waals surface area contributed by atoms with Crippen LogP contribution in [0.3, 0.4) is 0 Å². The number of carbonyl (C=O) groups is 1. The lowest BCUT2D eigenvalue weighted by atomic mass is 10.1. The Labute approximate surface area is 140 Å².